The molecule has 0 aliphatic carbocycles. The van der Waals surface area contributed by atoms with Gasteiger partial charge in [0.15, 0.2) is 6.10 Å². The molecule has 0 aliphatic heterocycles. The van der Waals surface area contributed by atoms with Crippen LogP contribution in [0.3, 0.4) is 0 Å². The molecule has 2 rings (SSSR count). The summed E-state index contributed by atoms with van der Waals surface area (Å²) in [4.78, 5) is 13.6. The lowest BCUT2D eigenvalue weighted by Gasteiger charge is -2.20. The summed E-state index contributed by atoms with van der Waals surface area (Å²) >= 11 is 0. The summed E-state index contributed by atoms with van der Waals surface area (Å²) in [5.41, 5.74) is 1.36. The Bertz CT molecular complexity index is 463. The van der Waals surface area contributed by atoms with Gasteiger partial charge < -0.3 is 10.0 Å². The second-order valence-electron chi connectivity index (χ2n) is 4.05. The number of carbonyl (C=O) groups excluding carboxylic acids is 1. The minimum atomic E-state index is -1.13. The van der Waals surface area contributed by atoms with Crippen LogP contribution >= 0.6 is 0 Å². The maximum atomic E-state index is 12.1. The van der Waals surface area contributed by atoms with Crippen molar-refractivity contribution in [2.75, 3.05) is 11.9 Å². The Hall–Kier alpha value is -2.13. The Morgan fingerprint density at radius 1 is 1.00 bits per heavy atom. The van der Waals surface area contributed by atoms with Gasteiger partial charge in [-0.25, -0.2) is 0 Å². The molecule has 2 aromatic carbocycles. The van der Waals surface area contributed by atoms with Crippen LogP contribution in [0.2, 0.25) is 0 Å². The highest BCUT2D eigenvalue weighted by Gasteiger charge is 2.21. The van der Waals surface area contributed by atoms with Gasteiger partial charge in [0.2, 0.25) is 0 Å². The molecule has 0 aliphatic rings. The van der Waals surface area contributed by atoms with Crippen molar-refractivity contribution < 1.29 is 9.90 Å². The first kappa shape index (κ1) is 12.3. The molecule has 1 atom stereocenters. The normalized spacial score (nSPS) is 11.9. The molecule has 0 saturated heterocycles. The molecule has 18 heavy (non-hydrogen) atoms. The van der Waals surface area contributed by atoms with E-state index >= 15 is 0 Å². The van der Waals surface area contributed by atoms with Gasteiger partial charge in [0.05, 0.1) is 0 Å². The fourth-order valence-corrected chi connectivity index (χ4v) is 1.74. The summed E-state index contributed by atoms with van der Waals surface area (Å²) in [6.07, 6.45) is -1.13. The highest BCUT2D eigenvalue weighted by atomic mass is 16.3. The number of rotatable bonds is 3. The van der Waals surface area contributed by atoms with Gasteiger partial charge in [0.25, 0.3) is 5.91 Å². The van der Waals surface area contributed by atoms with Crippen LogP contribution in [0, 0.1) is 0 Å². The van der Waals surface area contributed by atoms with Crippen LogP contribution in [0.1, 0.15) is 11.7 Å². The van der Waals surface area contributed by atoms with Crippen LogP contribution in [-0.2, 0) is 4.79 Å². The monoisotopic (exact) mass is 241 g/mol. The maximum Gasteiger partial charge on any atom is 0.260 e. The largest absolute Gasteiger partial charge is 0.378 e. The third-order valence-corrected chi connectivity index (χ3v) is 2.82. The molecule has 3 nitrogen and oxygen atoms in total. The van der Waals surface area contributed by atoms with Crippen LogP contribution in [0.15, 0.2) is 60.7 Å². The van der Waals surface area contributed by atoms with E-state index < -0.39 is 6.10 Å². The van der Waals surface area contributed by atoms with E-state index in [9.17, 15) is 9.90 Å². The van der Waals surface area contributed by atoms with Crippen molar-refractivity contribution in [1.82, 2.24) is 0 Å². The van der Waals surface area contributed by atoms with Gasteiger partial charge >= 0.3 is 0 Å². The number of aliphatic hydroxyl groups is 1. The predicted octanol–water partition coefficient (Wildman–Crippen LogP) is 2.38. The van der Waals surface area contributed by atoms with E-state index in [-0.39, 0.29) is 5.91 Å². The van der Waals surface area contributed by atoms with Gasteiger partial charge in [0, 0.05) is 12.7 Å². The molecule has 0 bridgehead atoms. The first-order chi connectivity index (χ1) is 8.70. The minimum absolute atomic E-state index is 0.340. The molecular weight excluding hydrogens is 226 g/mol. The van der Waals surface area contributed by atoms with Crippen molar-refractivity contribution in [3.63, 3.8) is 0 Å². The summed E-state index contributed by atoms with van der Waals surface area (Å²) in [6.45, 7) is 0. The SMILES string of the molecule is CN(C(=O)C(O)c1ccccc1)c1ccccc1. The van der Waals surface area contributed by atoms with Crippen molar-refractivity contribution in [1.29, 1.82) is 0 Å². The van der Waals surface area contributed by atoms with Gasteiger partial charge in [-0.05, 0) is 17.7 Å². The number of hydrogen-bond acceptors (Lipinski definition) is 2. The topological polar surface area (TPSA) is 40.5 Å². The number of amides is 1. The highest BCUT2D eigenvalue weighted by Crippen LogP contribution is 2.19. The Balaban J connectivity index is 2.17. The third kappa shape index (κ3) is 2.57. The van der Waals surface area contributed by atoms with E-state index in [4.69, 9.17) is 0 Å². The molecule has 0 heterocycles. The van der Waals surface area contributed by atoms with Crippen LogP contribution in [-0.4, -0.2) is 18.1 Å². The number of aliphatic hydroxyl groups excluding tert-OH is 1. The van der Waals surface area contributed by atoms with Crippen molar-refractivity contribution >= 4 is 11.6 Å². The standard InChI is InChI=1S/C15H15NO2/c1-16(13-10-6-3-7-11-13)15(18)14(17)12-8-4-2-5-9-12/h2-11,14,17H,1H3. The third-order valence-electron chi connectivity index (χ3n) is 2.82. The summed E-state index contributed by atoms with van der Waals surface area (Å²) in [7, 11) is 1.66. The first-order valence-electron chi connectivity index (χ1n) is 5.76. The molecule has 2 aromatic rings. The quantitative estimate of drug-likeness (QED) is 0.896. The van der Waals surface area contributed by atoms with E-state index in [1.165, 1.54) is 4.90 Å². The summed E-state index contributed by atoms with van der Waals surface area (Å²) < 4.78 is 0. The average Bonchev–Trinajstić information content (AvgIpc) is 2.47. The molecule has 0 saturated carbocycles. The van der Waals surface area contributed by atoms with Gasteiger partial charge in [-0.1, -0.05) is 48.5 Å². The Labute approximate surface area is 106 Å². The lowest BCUT2D eigenvalue weighted by molar-refractivity contribution is -0.126. The summed E-state index contributed by atoms with van der Waals surface area (Å²) in [6, 6.07) is 18.2. The molecule has 1 N–H and O–H groups in total. The van der Waals surface area contributed by atoms with E-state index in [0.717, 1.165) is 5.69 Å². The zero-order chi connectivity index (χ0) is 13.0. The number of hydrogen-bond donors (Lipinski definition) is 1. The highest BCUT2D eigenvalue weighted by molar-refractivity contribution is 5.96. The average molecular weight is 241 g/mol. The van der Waals surface area contributed by atoms with Crippen LogP contribution in [0.4, 0.5) is 5.69 Å². The van der Waals surface area contributed by atoms with Crippen molar-refractivity contribution in [3.05, 3.63) is 66.2 Å². The fourth-order valence-electron chi connectivity index (χ4n) is 1.74. The lowest BCUT2D eigenvalue weighted by Crippen LogP contribution is -2.31. The first-order valence-corrected chi connectivity index (χ1v) is 5.76. The van der Waals surface area contributed by atoms with Gasteiger partial charge in [-0.3, -0.25) is 4.79 Å². The van der Waals surface area contributed by atoms with Crippen LogP contribution in [0.5, 0.6) is 0 Å². The van der Waals surface area contributed by atoms with Gasteiger partial charge in [0.1, 0.15) is 0 Å². The predicted molar refractivity (Wildman–Crippen MR) is 71.3 cm³/mol. The molecule has 0 radical (unpaired) electrons. The minimum Gasteiger partial charge on any atom is -0.378 e. The number of anilines is 1. The van der Waals surface area contributed by atoms with Crippen LogP contribution < -0.4 is 4.90 Å². The molecule has 1 unspecified atom stereocenters. The Morgan fingerprint density at radius 3 is 2.06 bits per heavy atom. The number of benzene rings is 2. The summed E-state index contributed by atoms with van der Waals surface area (Å²) in [5.74, 6) is -0.340. The molecule has 3 heteroatoms. The molecule has 0 spiro atoms. The van der Waals surface area contributed by atoms with Crippen molar-refractivity contribution in [3.8, 4) is 0 Å². The second kappa shape index (κ2) is 5.47. The molecular formula is C15H15NO2. The Kier molecular flexibility index (Phi) is 3.75. The van der Waals surface area contributed by atoms with Crippen molar-refractivity contribution in [2.24, 2.45) is 0 Å². The number of carbonyl (C=O) groups is 1. The number of likely N-dealkylation sites (N-methyl/N-ethyl adjacent to an activating group) is 1. The zero-order valence-corrected chi connectivity index (χ0v) is 10.2. The maximum absolute atomic E-state index is 12.1. The number of para-hydroxylation sites is 1. The molecule has 92 valence electrons. The second-order valence-corrected chi connectivity index (χ2v) is 4.05. The van der Waals surface area contributed by atoms with E-state index in [0.29, 0.717) is 5.56 Å². The van der Waals surface area contributed by atoms with Gasteiger partial charge in [-0.15, -0.1) is 0 Å². The number of nitrogens with zero attached hydrogens (tertiary/aromatic N) is 1. The lowest BCUT2D eigenvalue weighted by atomic mass is 10.1. The summed E-state index contributed by atoms with van der Waals surface area (Å²) in [5, 5.41) is 10.0. The zero-order valence-electron chi connectivity index (χ0n) is 10.2. The van der Waals surface area contributed by atoms with Crippen LogP contribution in [0.25, 0.3) is 0 Å². The Morgan fingerprint density at radius 2 is 1.50 bits per heavy atom. The van der Waals surface area contributed by atoms with E-state index in [1.807, 2.05) is 36.4 Å². The van der Waals surface area contributed by atoms with Gasteiger partial charge in [-0.2, -0.15) is 0 Å². The van der Waals surface area contributed by atoms with Crippen molar-refractivity contribution in [2.45, 2.75) is 6.10 Å². The molecule has 1 amide bonds. The van der Waals surface area contributed by atoms with E-state index in [2.05, 4.69) is 0 Å². The fraction of sp³-hybridized carbons (Fsp3) is 0.133. The van der Waals surface area contributed by atoms with E-state index in [1.54, 1.807) is 31.3 Å². The molecule has 0 fully saturated rings. The molecule has 0 aromatic heterocycles. The smallest absolute Gasteiger partial charge is 0.260 e.